The molecule has 15 nitrogen and oxygen atoms in total. The number of hydrogen-bond donors (Lipinski definition) is 3. The molecule has 1 unspecified atom stereocenters. The van der Waals surface area contributed by atoms with Gasteiger partial charge in [0.05, 0.1) is 41.0 Å². The van der Waals surface area contributed by atoms with Crippen molar-refractivity contribution < 1.29 is 42.6 Å². The van der Waals surface area contributed by atoms with E-state index in [1.54, 1.807) is 52.5 Å². The molecule has 16 heteroatoms. The van der Waals surface area contributed by atoms with Crippen molar-refractivity contribution in [3.63, 3.8) is 0 Å². The minimum absolute atomic E-state index is 0.0374. The molecule has 0 radical (unpaired) electrons. The molecule has 4 atom stereocenters. The Morgan fingerprint density at radius 1 is 0.857 bits per heavy atom. The maximum absolute atomic E-state index is 13.3. The summed E-state index contributed by atoms with van der Waals surface area (Å²) in [6.45, 7) is 9.46. The second kappa shape index (κ2) is 20.9. The minimum atomic E-state index is -2.13. The summed E-state index contributed by atoms with van der Waals surface area (Å²) < 4.78 is 46.5. The molecular weight excluding hydrogens is 828 g/mol. The number of nitrogens with zero attached hydrogens (tertiary/aromatic N) is 2. The van der Waals surface area contributed by atoms with Crippen molar-refractivity contribution in [3.05, 3.63) is 158 Å². The number of aromatic nitrogens is 2. The van der Waals surface area contributed by atoms with Gasteiger partial charge in [-0.3, -0.25) is 23.7 Å². The lowest BCUT2D eigenvalue weighted by Gasteiger charge is -2.41. The lowest BCUT2D eigenvalue weighted by molar-refractivity contribution is -0.201. The highest BCUT2D eigenvalue weighted by Crippen LogP contribution is 2.53. The SMILES string of the molecule is COc1ccc(C(=O)NCCOP(O[C@]2(O)C[C@H](n3cc(C)c(=O)[nH]c3=O)O[C@@H]2COC(c2ccccc2)(c2ccc(OC)cc2)c2ccc(OC)cc2)N(C(C)C)C(C)C)cc1. The van der Waals surface area contributed by atoms with Gasteiger partial charge >= 0.3 is 5.69 Å². The molecule has 1 saturated heterocycles. The Morgan fingerprint density at radius 3 is 1.90 bits per heavy atom. The van der Waals surface area contributed by atoms with Gasteiger partial charge in [-0.2, -0.15) is 0 Å². The van der Waals surface area contributed by atoms with Gasteiger partial charge in [-0.1, -0.05) is 54.6 Å². The van der Waals surface area contributed by atoms with E-state index in [1.165, 1.54) is 10.8 Å². The molecule has 3 N–H and O–H groups in total. The van der Waals surface area contributed by atoms with Crippen molar-refractivity contribution in [1.82, 2.24) is 19.5 Å². The Morgan fingerprint density at radius 2 is 1.38 bits per heavy atom. The molecule has 0 spiro atoms. The van der Waals surface area contributed by atoms with Crippen LogP contribution in [-0.4, -0.2) is 90.3 Å². The molecule has 4 aromatic carbocycles. The summed E-state index contributed by atoms with van der Waals surface area (Å²) in [6.07, 6.45) is -1.16. The highest BCUT2D eigenvalue weighted by atomic mass is 31.2. The van der Waals surface area contributed by atoms with Gasteiger partial charge in [0, 0.05) is 36.0 Å². The third-order valence-corrected chi connectivity index (χ3v) is 13.0. The van der Waals surface area contributed by atoms with E-state index in [2.05, 4.69) is 10.3 Å². The fraction of sp³-hybridized carbons (Fsp3) is 0.383. The number of rotatable bonds is 20. The number of nitrogens with one attached hydrogen (secondary N) is 2. The number of aromatic amines is 1. The Labute approximate surface area is 368 Å². The van der Waals surface area contributed by atoms with Crippen LogP contribution in [0.2, 0.25) is 0 Å². The van der Waals surface area contributed by atoms with Crippen LogP contribution in [0.4, 0.5) is 0 Å². The molecule has 6 rings (SSSR count). The fourth-order valence-electron chi connectivity index (χ4n) is 7.61. The maximum Gasteiger partial charge on any atom is 0.330 e. The lowest BCUT2D eigenvalue weighted by Crippen LogP contribution is -2.47. The standard InChI is InChI=1S/C47H57N4O11P/c1-31(2)51(32(3)4)63(60-27-26-48-44(53)34-14-20-38(56-6)21-15-34)62-46(55)28-42(50-29-33(5)43(52)49-45(50)54)61-41(46)30-59-47(35-12-10-9-11-13-35,36-16-22-39(57-7)23-17-36)37-18-24-40(58-8)25-19-37/h9-25,29,31-32,41-42,55H,26-28,30H2,1-8H3,(H,48,53)(H,49,52,54)/t41-,42-,46-,63?/m1/s1. The zero-order valence-electron chi connectivity index (χ0n) is 36.9. The summed E-state index contributed by atoms with van der Waals surface area (Å²) in [4.78, 5) is 41.1. The van der Waals surface area contributed by atoms with Gasteiger partial charge in [0.1, 0.15) is 35.2 Å². The molecule has 0 aliphatic carbocycles. The topological polar surface area (TPSA) is 172 Å². The summed E-state index contributed by atoms with van der Waals surface area (Å²) in [6, 6.07) is 31.3. The second-order valence-corrected chi connectivity index (χ2v) is 17.0. The highest BCUT2D eigenvalue weighted by Gasteiger charge is 2.54. The number of carbonyl (C=O) groups is 1. The van der Waals surface area contributed by atoms with E-state index >= 15 is 0 Å². The Balaban J connectivity index is 1.38. The van der Waals surface area contributed by atoms with E-state index in [0.29, 0.717) is 22.8 Å². The van der Waals surface area contributed by atoms with Crippen LogP contribution in [0.1, 0.15) is 73.0 Å². The van der Waals surface area contributed by atoms with Gasteiger partial charge in [-0.15, -0.1) is 0 Å². The summed E-state index contributed by atoms with van der Waals surface area (Å²) in [5.74, 6) is -0.495. The predicted molar refractivity (Wildman–Crippen MR) is 239 cm³/mol. The van der Waals surface area contributed by atoms with Crippen molar-refractivity contribution in [3.8, 4) is 17.2 Å². The number of aryl methyl sites for hydroxylation is 1. The van der Waals surface area contributed by atoms with Gasteiger partial charge in [0.25, 0.3) is 20.0 Å². The van der Waals surface area contributed by atoms with Crippen molar-refractivity contribution in [2.45, 2.75) is 76.8 Å². The number of ether oxygens (including phenoxy) is 5. The first-order chi connectivity index (χ1) is 30.2. The highest BCUT2D eigenvalue weighted by molar-refractivity contribution is 7.44. The normalized spacial score (nSPS) is 18.2. The number of hydrogen-bond acceptors (Lipinski definition) is 12. The Hall–Kier alpha value is -5.38. The molecular formula is C47H57N4O11P. The molecule has 1 aromatic heterocycles. The fourth-order valence-corrected chi connectivity index (χ4v) is 9.36. The summed E-state index contributed by atoms with van der Waals surface area (Å²) in [5.41, 5.74) is 0.462. The van der Waals surface area contributed by atoms with Crippen LogP contribution in [-0.2, 0) is 24.1 Å². The van der Waals surface area contributed by atoms with Crippen molar-refractivity contribution in [2.75, 3.05) is 41.1 Å². The number of carbonyl (C=O) groups excluding carboxylic acids is 1. The van der Waals surface area contributed by atoms with E-state index < -0.39 is 43.5 Å². The molecule has 2 heterocycles. The third-order valence-electron chi connectivity index (χ3n) is 10.8. The quantitative estimate of drug-likeness (QED) is 0.0329. The third kappa shape index (κ3) is 10.7. The summed E-state index contributed by atoms with van der Waals surface area (Å²) in [5, 5.41) is 15.8. The summed E-state index contributed by atoms with van der Waals surface area (Å²) in [7, 11) is 2.69. The minimum Gasteiger partial charge on any atom is -0.497 e. The van der Waals surface area contributed by atoms with Crippen LogP contribution in [0.25, 0.3) is 0 Å². The van der Waals surface area contributed by atoms with E-state index in [4.69, 9.17) is 32.7 Å². The Kier molecular flexibility index (Phi) is 15.6. The van der Waals surface area contributed by atoms with Gasteiger partial charge in [-0.05, 0) is 99.8 Å². The maximum atomic E-state index is 13.3. The average molecular weight is 885 g/mol. The molecule has 336 valence electrons. The van der Waals surface area contributed by atoms with Crippen LogP contribution in [0.15, 0.2) is 119 Å². The first kappa shape index (κ1) is 47.1. The van der Waals surface area contributed by atoms with Gasteiger partial charge in [0.2, 0.25) is 5.79 Å². The van der Waals surface area contributed by atoms with Crippen LogP contribution in [0.3, 0.4) is 0 Å². The van der Waals surface area contributed by atoms with Gasteiger partial charge in [-0.25, -0.2) is 9.46 Å². The molecule has 1 aliphatic rings. The van der Waals surface area contributed by atoms with Crippen molar-refractivity contribution >= 4 is 14.4 Å². The summed E-state index contributed by atoms with van der Waals surface area (Å²) >= 11 is 0. The Bertz CT molecular complexity index is 2320. The number of methoxy groups -OCH3 is 3. The number of benzene rings is 4. The lowest BCUT2D eigenvalue weighted by atomic mass is 9.80. The molecule has 0 bridgehead atoms. The first-order valence-corrected chi connectivity index (χ1v) is 21.9. The van der Waals surface area contributed by atoms with Gasteiger partial charge < -0.3 is 38.6 Å². The monoisotopic (exact) mass is 884 g/mol. The van der Waals surface area contributed by atoms with Crippen LogP contribution >= 0.6 is 8.53 Å². The number of amides is 1. The van der Waals surface area contributed by atoms with E-state index in [9.17, 15) is 19.5 Å². The molecule has 1 fully saturated rings. The zero-order valence-corrected chi connectivity index (χ0v) is 37.8. The largest absolute Gasteiger partial charge is 0.497 e. The van der Waals surface area contributed by atoms with Crippen molar-refractivity contribution in [2.24, 2.45) is 0 Å². The van der Waals surface area contributed by atoms with Crippen LogP contribution < -0.4 is 30.8 Å². The van der Waals surface area contributed by atoms with E-state index in [0.717, 1.165) is 16.7 Å². The average Bonchev–Trinajstić information content (AvgIpc) is 3.61. The molecule has 63 heavy (non-hydrogen) atoms. The predicted octanol–water partition coefficient (Wildman–Crippen LogP) is 6.66. The zero-order chi connectivity index (χ0) is 45.3. The first-order valence-electron chi connectivity index (χ1n) is 20.7. The van der Waals surface area contributed by atoms with Gasteiger partial charge in [0.15, 0.2) is 0 Å². The smallest absolute Gasteiger partial charge is 0.330 e. The number of aliphatic hydroxyl groups is 1. The second-order valence-electron chi connectivity index (χ2n) is 15.6. The van der Waals surface area contributed by atoms with Crippen molar-refractivity contribution in [1.29, 1.82) is 0 Å². The van der Waals surface area contributed by atoms with Crippen LogP contribution in [0.5, 0.6) is 17.2 Å². The van der Waals surface area contributed by atoms with E-state index in [-0.39, 0.29) is 49.7 Å². The molecule has 0 saturated carbocycles. The van der Waals surface area contributed by atoms with Crippen LogP contribution in [0, 0.1) is 6.92 Å². The molecule has 1 aliphatic heterocycles. The van der Waals surface area contributed by atoms with E-state index in [1.807, 2.05) is 111 Å². The number of H-pyrrole nitrogens is 1. The molecule has 5 aromatic rings. The molecule has 1 amide bonds.